The SMILES string of the molecule is CC(C)c1ccc(OCCCC(=O)O)c(Br)c1. The Hall–Kier alpha value is -1.03. The van der Waals surface area contributed by atoms with Gasteiger partial charge in [0.2, 0.25) is 0 Å². The van der Waals surface area contributed by atoms with Gasteiger partial charge in [-0.3, -0.25) is 4.79 Å². The molecule has 0 saturated carbocycles. The number of ether oxygens (including phenoxy) is 1. The molecule has 1 aromatic rings. The second-order valence-electron chi connectivity index (χ2n) is 4.19. The Labute approximate surface area is 110 Å². The smallest absolute Gasteiger partial charge is 0.303 e. The van der Waals surface area contributed by atoms with Crippen molar-refractivity contribution in [3.05, 3.63) is 28.2 Å². The summed E-state index contributed by atoms with van der Waals surface area (Å²) in [5, 5.41) is 8.50. The molecule has 17 heavy (non-hydrogen) atoms. The number of hydrogen-bond donors (Lipinski definition) is 1. The summed E-state index contributed by atoms with van der Waals surface area (Å²) in [5.41, 5.74) is 1.25. The summed E-state index contributed by atoms with van der Waals surface area (Å²) >= 11 is 3.46. The Kier molecular flexibility index (Phi) is 5.48. The number of rotatable bonds is 6. The average molecular weight is 301 g/mol. The van der Waals surface area contributed by atoms with Crippen LogP contribution in [0.15, 0.2) is 22.7 Å². The molecule has 1 aromatic carbocycles. The average Bonchev–Trinajstić information content (AvgIpc) is 2.25. The van der Waals surface area contributed by atoms with Crippen LogP contribution in [0.25, 0.3) is 0 Å². The molecule has 1 N–H and O–H groups in total. The van der Waals surface area contributed by atoms with Gasteiger partial charge in [-0.05, 0) is 46.0 Å². The first-order valence-electron chi connectivity index (χ1n) is 5.64. The molecule has 0 aromatic heterocycles. The quantitative estimate of drug-likeness (QED) is 0.813. The summed E-state index contributed by atoms with van der Waals surface area (Å²) in [6, 6.07) is 5.99. The minimum atomic E-state index is -0.789. The molecular weight excluding hydrogens is 284 g/mol. The van der Waals surface area contributed by atoms with Crippen molar-refractivity contribution in [1.82, 2.24) is 0 Å². The highest BCUT2D eigenvalue weighted by molar-refractivity contribution is 9.10. The summed E-state index contributed by atoms with van der Waals surface area (Å²) in [7, 11) is 0. The van der Waals surface area contributed by atoms with Gasteiger partial charge >= 0.3 is 5.97 Å². The van der Waals surface area contributed by atoms with Gasteiger partial charge < -0.3 is 9.84 Å². The van der Waals surface area contributed by atoms with Crippen LogP contribution in [0.5, 0.6) is 5.75 Å². The Morgan fingerprint density at radius 3 is 2.71 bits per heavy atom. The zero-order valence-electron chi connectivity index (χ0n) is 10.1. The highest BCUT2D eigenvalue weighted by Gasteiger charge is 2.05. The fraction of sp³-hybridized carbons (Fsp3) is 0.462. The van der Waals surface area contributed by atoms with Crippen molar-refractivity contribution in [2.24, 2.45) is 0 Å². The molecule has 0 amide bonds. The third-order valence-corrected chi connectivity index (χ3v) is 3.03. The van der Waals surface area contributed by atoms with Gasteiger partial charge in [0, 0.05) is 6.42 Å². The van der Waals surface area contributed by atoms with Crippen molar-refractivity contribution in [2.75, 3.05) is 6.61 Å². The van der Waals surface area contributed by atoms with Crippen LogP contribution in [0.2, 0.25) is 0 Å². The number of hydrogen-bond acceptors (Lipinski definition) is 2. The van der Waals surface area contributed by atoms with Crippen LogP contribution in [0.3, 0.4) is 0 Å². The van der Waals surface area contributed by atoms with E-state index in [1.54, 1.807) is 0 Å². The van der Waals surface area contributed by atoms with Crippen LogP contribution in [0.4, 0.5) is 0 Å². The number of halogens is 1. The minimum absolute atomic E-state index is 0.141. The Balaban J connectivity index is 2.52. The summed E-state index contributed by atoms with van der Waals surface area (Å²) < 4.78 is 6.43. The van der Waals surface area contributed by atoms with Crippen molar-refractivity contribution >= 4 is 21.9 Å². The molecule has 0 saturated heterocycles. The summed E-state index contributed by atoms with van der Waals surface area (Å²) in [5.74, 6) is 0.454. The van der Waals surface area contributed by atoms with E-state index in [0.29, 0.717) is 18.9 Å². The number of carboxylic acids is 1. The Bertz CT molecular complexity index is 388. The van der Waals surface area contributed by atoms with E-state index in [4.69, 9.17) is 9.84 Å². The lowest BCUT2D eigenvalue weighted by molar-refractivity contribution is -0.137. The van der Waals surface area contributed by atoms with Crippen LogP contribution in [0.1, 0.15) is 38.2 Å². The lowest BCUT2D eigenvalue weighted by Crippen LogP contribution is -2.02. The molecule has 0 aliphatic carbocycles. The van der Waals surface area contributed by atoms with Crippen molar-refractivity contribution in [2.45, 2.75) is 32.6 Å². The van der Waals surface area contributed by atoms with Crippen LogP contribution in [-0.2, 0) is 4.79 Å². The predicted molar refractivity (Wildman–Crippen MR) is 70.6 cm³/mol. The van der Waals surface area contributed by atoms with Crippen LogP contribution >= 0.6 is 15.9 Å². The largest absolute Gasteiger partial charge is 0.492 e. The van der Waals surface area contributed by atoms with Crippen molar-refractivity contribution in [1.29, 1.82) is 0 Å². The fourth-order valence-corrected chi connectivity index (χ4v) is 1.91. The van der Waals surface area contributed by atoms with Gasteiger partial charge in [0.1, 0.15) is 5.75 Å². The molecule has 0 unspecified atom stereocenters. The highest BCUT2D eigenvalue weighted by atomic mass is 79.9. The number of aliphatic carboxylic acids is 1. The molecular formula is C13H17BrO3. The van der Waals surface area contributed by atoms with Gasteiger partial charge in [0.25, 0.3) is 0 Å². The molecule has 0 heterocycles. The minimum Gasteiger partial charge on any atom is -0.492 e. The third-order valence-electron chi connectivity index (χ3n) is 2.42. The maximum absolute atomic E-state index is 10.3. The first-order valence-corrected chi connectivity index (χ1v) is 6.44. The first-order chi connectivity index (χ1) is 8.00. The lowest BCUT2D eigenvalue weighted by atomic mass is 10.0. The lowest BCUT2D eigenvalue weighted by Gasteiger charge is -2.11. The standard InChI is InChI=1S/C13H17BrO3/c1-9(2)10-5-6-12(11(14)8-10)17-7-3-4-13(15)16/h5-6,8-9H,3-4,7H2,1-2H3,(H,15,16). The topological polar surface area (TPSA) is 46.5 Å². The Morgan fingerprint density at radius 1 is 1.47 bits per heavy atom. The predicted octanol–water partition coefficient (Wildman–Crippen LogP) is 3.82. The zero-order valence-corrected chi connectivity index (χ0v) is 11.7. The van der Waals surface area contributed by atoms with E-state index in [1.165, 1.54) is 5.56 Å². The molecule has 1 rings (SSSR count). The van der Waals surface area contributed by atoms with Gasteiger partial charge in [-0.25, -0.2) is 0 Å². The van der Waals surface area contributed by atoms with E-state index in [-0.39, 0.29) is 6.42 Å². The summed E-state index contributed by atoms with van der Waals surface area (Å²) in [6.07, 6.45) is 0.662. The van der Waals surface area contributed by atoms with E-state index >= 15 is 0 Å². The van der Waals surface area contributed by atoms with Gasteiger partial charge in [-0.2, -0.15) is 0 Å². The molecule has 0 fully saturated rings. The normalized spacial score (nSPS) is 10.6. The van der Waals surface area contributed by atoms with Crippen molar-refractivity contribution in [3.8, 4) is 5.75 Å². The van der Waals surface area contributed by atoms with E-state index in [0.717, 1.165) is 10.2 Å². The van der Waals surface area contributed by atoms with Crippen LogP contribution in [0, 0.1) is 0 Å². The molecule has 0 bridgehead atoms. The molecule has 3 nitrogen and oxygen atoms in total. The third kappa shape index (κ3) is 4.77. The van der Waals surface area contributed by atoms with Crippen molar-refractivity contribution < 1.29 is 14.6 Å². The zero-order chi connectivity index (χ0) is 12.8. The number of benzene rings is 1. The van der Waals surface area contributed by atoms with E-state index < -0.39 is 5.97 Å². The molecule has 0 spiro atoms. The molecule has 0 aliphatic heterocycles. The first kappa shape index (κ1) is 14.0. The second kappa shape index (κ2) is 6.64. The molecule has 94 valence electrons. The highest BCUT2D eigenvalue weighted by Crippen LogP contribution is 2.28. The molecule has 0 radical (unpaired) electrons. The van der Waals surface area contributed by atoms with Gasteiger partial charge in [-0.15, -0.1) is 0 Å². The van der Waals surface area contributed by atoms with Crippen LogP contribution in [-0.4, -0.2) is 17.7 Å². The molecule has 0 atom stereocenters. The fourth-order valence-electron chi connectivity index (χ4n) is 1.40. The van der Waals surface area contributed by atoms with Gasteiger partial charge in [-0.1, -0.05) is 19.9 Å². The van der Waals surface area contributed by atoms with E-state index in [2.05, 4.69) is 29.8 Å². The monoisotopic (exact) mass is 300 g/mol. The maximum Gasteiger partial charge on any atom is 0.303 e. The molecule has 0 aliphatic rings. The molecule has 4 heteroatoms. The Morgan fingerprint density at radius 2 is 2.18 bits per heavy atom. The van der Waals surface area contributed by atoms with Crippen LogP contribution < -0.4 is 4.74 Å². The van der Waals surface area contributed by atoms with Gasteiger partial charge in [0.15, 0.2) is 0 Å². The number of carboxylic acid groups (broad SMARTS) is 1. The van der Waals surface area contributed by atoms with E-state index in [9.17, 15) is 4.79 Å². The van der Waals surface area contributed by atoms with Gasteiger partial charge in [0.05, 0.1) is 11.1 Å². The number of carbonyl (C=O) groups is 1. The van der Waals surface area contributed by atoms with Crippen molar-refractivity contribution in [3.63, 3.8) is 0 Å². The maximum atomic E-state index is 10.3. The second-order valence-corrected chi connectivity index (χ2v) is 5.04. The summed E-state index contributed by atoms with van der Waals surface area (Å²) in [6.45, 7) is 4.69. The van der Waals surface area contributed by atoms with E-state index in [1.807, 2.05) is 18.2 Å². The summed E-state index contributed by atoms with van der Waals surface area (Å²) in [4.78, 5) is 10.3.